The zero-order chi connectivity index (χ0) is 17.4. The fourth-order valence-electron chi connectivity index (χ4n) is 2.57. The van der Waals surface area contributed by atoms with E-state index in [-0.39, 0.29) is 0 Å². The third-order valence-electron chi connectivity index (χ3n) is 3.78. The Kier molecular flexibility index (Phi) is 7.95. The quantitative estimate of drug-likeness (QED) is 0.452. The summed E-state index contributed by atoms with van der Waals surface area (Å²) in [4.78, 5) is 6.76. The lowest BCUT2D eigenvalue weighted by molar-refractivity contribution is 0.181. The zero-order valence-corrected chi connectivity index (χ0v) is 15.7. The van der Waals surface area contributed by atoms with E-state index in [0.717, 1.165) is 38.7 Å². The number of guanidine groups is 1. The summed E-state index contributed by atoms with van der Waals surface area (Å²) in [5, 5.41) is 4.24. The first kappa shape index (κ1) is 19.2. The second kappa shape index (κ2) is 9.97. The summed E-state index contributed by atoms with van der Waals surface area (Å²) in [5.74, 6) is 2.03. The molecule has 1 aliphatic rings. The molecule has 1 N–H and O–H groups in total. The lowest BCUT2D eigenvalue weighted by Gasteiger charge is -2.24. The molecule has 1 unspecified atom stereocenters. The molecule has 0 amide bonds. The van der Waals surface area contributed by atoms with Gasteiger partial charge < -0.3 is 19.7 Å². The Balaban J connectivity index is 1.84. The maximum absolute atomic E-state index is 6.10. The van der Waals surface area contributed by atoms with Crippen molar-refractivity contribution in [1.82, 2.24) is 10.2 Å². The summed E-state index contributed by atoms with van der Waals surface area (Å²) in [5.41, 5.74) is 0. The lowest BCUT2D eigenvalue weighted by atomic mass is 10.1. The molecule has 0 spiro atoms. The van der Waals surface area contributed by atoms with E-state index >= 15 is 0 Å². The first-order valence-electron chi connectivity index (χ1n) is 8.25. The van der Waals surface area contributed by atoms with E-state index in [1.807, 2.05) is 6.07 Å². The fraction of sp³-hybridized carbons (Fsp3) is 0.588. The van der Waals surface area contributed by atoms with Crippen molar-refractivity contribution in [2.24, 2.45) is 10.9 Å². The van der Waals surface area contributed by atoms with Crippen LogP contribution in [0.3, 0.4) is 0 Å². The van der Waals surface area contributed by atoms with Gasteiger partial charge in [0.05, 0.1) is 18.2 Å². The van der Waals surface area contributed by atoms with Gasteiger partial charge in [0.2, 0.25) is 0 Å². The second-order valence-corrected chi connectivity index (χ2v) is 6.53. The molecule has 0 saturated carbocycles. The molecule has 1 fully saturated rings. The van der Waals surface area contributed by atoms with Gasteiger partial charge in [0.1, 0.15) is 17.4 Å². The topological polar surface area (TPSA) is 46.1 Å². The van der Waals surface area contributed by atoms with E-state index < -0.39 is 0 Å². The molecule has 0 aliphatic carbocycles. The molecule has 1 saturated heterocycles. The van der Waals surface area contributed by atoms with Gasteiger partial charge in [0.15, 0.2) is 5.96 Å². The van der Waals surface area contributed by atoms with Crippen LogP contribution in [0.1, 0.15) is 13.3 Å². The molecule has 0 bridgehead atoms. The number of benzene rings is 1. The standard InChI is InChI=1S/C17H25Cl2N3O2/c1-3-20-17(22(2)11-13-7-9-23-12-13)21-8-10-24-15-6-4-5-14(18)16(15)19/h4-6,13H,3,7-12H2,1-2H3,(H,20,21). The monoisotopic (exact) mass is 373 g/mol. The van der Waals surface area contributed by atoms with E-state index in [0.29, 0.717) is 34.9 Å². The van der Waals surface area contributed by atoms with Crippen LogP contribution in [0.5, 0.6) is 5.75 Å². The minimum atomic E-state index is 0.438. The van der Waals surface area contributed by atoms with Crippen LogP contribution in [-0.2, 0) is 4.74 Å². The fourth-order valence-corrected chi connectivity index (χ4v) is 2.92. The van der Waals surface area contributed by atoms with Crippen LogP contribution < -0.4 is 10.1 Å². The molecule has 1 aromatic rings. The van der Waals surface area contributed by atoms with Crippen LogP contribution in [0.15, 0.2) is 23.2 Å². The third-order valence-corrected chi connectivity index (χ3v) is 4.58. The molecule has 5 nitrogen and oxygen atoms in total. The highest BCUT2D eigenvalue weighted by Crippen LogP contribution is 2.31. The summed E-state index contributed by atoms with van der Waals surface area (Å²) >= 11 is 12.1. The Morgan fingerprint density at radius 1 is 1.46 bits per heavy atom. The van der Waals surface area contributed by atoms with Crippen LogP contribution in [0.4, 0.5) is 0 Å². The normalized spacial score (nSPS) is 17.8. The maximum Gasteiger partial charge on any atom is 0.193 e. The van der Waals surface area contributed by atoms with Crippen LogP contribution in [0.2, 0.25) is 10.0 Å². The first-order chi connectivity index (χ1) is 11.6. The highest BCUT2D eigenvalue weighted by atomic mass is 35.5. The van der Waals surface area contributed by atoms with Gasteiger partial charge in [-0.25, -0.2) is 4.99 Å². The molecule has 24 heavy (non-hydrogen) atoms. The highest BCUT2D eigenvalue weighted by Gasteiger charge is 2.19. The van der Waals surface area contributed by atoms with Crippen LogP contribution in [-0.4, -0.2) is 57.4 Å². The Morgan fingerprint density at radius 2 is 2.29 bits per heavy atom. The van der Waals surface area contributed by atoms with Crippen molar-refractivity contribution in [2.45, 2.75) is 13.3 Å². The smallest absolute Gasteiger partial charge is 0.193 e. The highest BCUT2D eigenvalue weighted by molar-refractivity contribution is 6.42. The van der Waals surface area contributed by atoms with Gasteiger partial charge in [-0.1, -0.05) is 29.3 Å². The van der Waals surface area contributed by atoms with Gasteiger partial charge in [-0.2, -0.15) is 0 Å². The van der Waals surface area contributed by atoms with Gasteiger partial charge in [-0.15, -0.1) is 0 Å². The third kappa shape index (κ3) is 5.72. The van der Waals surface area contributed by atoms with E-state index in [9.17, 15) is 0 Å². The number of rotatable bonds is 7. The van der Waals surface area contributed by atoms with Gasteiger partial charge in [0, 0.05) is 32.7 Å². The van der Waals surface area contributed by atoms with Crippen LogP contribution >= 0.6 is 23.2 Å². The van der Waals surface area contributed by atoms with Crippen molar-refractivity contribution in [2.75, 3.05) is 46.5 Å². The molecule has 1 aliphatic heterocycles. The Bertz CT molecular complexity index is 549. The first-order valence-corrected chi connectivity index (χ1v) is 9.01. The van der Waals surface area contributed by atoms with Gasteiger partial charge in [-0.3, -0.25) is 0 Å². The predicted molar refractivity (Wildman–Crippen MR) is 99.5 cm³/mol. The summed E-state index contributed by atoms with van der Waals surface area (Å²) in [6.45, 7) is 6.50. The van der Waals surface area contributed by atoms with E-state index in [1.54, 1.807) is 12.1 Å². The second-order valence-electron chi connectivity index (χ2n) is 5.75. The summed E-state index contributed by atoms with van der Waals surface area (Å²) in [6.07, 6.45) is 1.11. The maximum atomic E-state index is 6.10. The Morgan fingerprint density at radius 3 is 3.00 bits per heavy atom. The average Bonchev–Trinajstić information content (AvgIpc) is 3.07. The molecule has 1 atom stereocenters. The molecular weight excluding hydrogens is 349 g/mol. The number of hydrogen-bond acceptors (Lipinski definition) is 3. The average molecular weight is 374 g/mol. The van der Waals surface area contributed by atoms with Gasteiger partial charge >= 0.3 is 0 Å². The van der Waals surface area contributed by atoms with Crippen LogP contribution in [0, 0.1) is 5.92 Å². The molecule has 7 heteroatoms. The Hall–Kier alpha value is -1.17. The lowest BCUT2D eigenvalue weighted by Crippen LogP contribution is -2.41. The molecule has 1 heterocycles. The largest absolute Gasteiger partial charge is 0.490 e. The Labute approximate surface area is 153 Å². The number of nitrogens with zero attached hydrogens (tertiary/aromatic N) is 2. The molecular formula is C17H25Cl2N3O2. The molecule has 134 valence electrons. The number of hydrogen-bond donors (Lipinski definition) is 1. The molecule has 0 aromatic heterocycles. The van der Waals surface area contributed by atoms with Crippen molar-refractivity contribution in [3.8, 4) is 5.75 Å². The molecule has 0 radical (unpaired) electrons. The van der Waals surface area contributed by atoms with Crippen molar-refractivity contribution in [3.05, 3.63) is 28.2 Å². The molecule has 1 aromatic carbocycles. The number of halogens is 2. The van der Waals surface area contributed by atoms with Crippen molar-refractivity contribution < 1.29 is 9.47 Å². The summed E-state index contributed by atoms with van der Waals surface area (Å²) < 4.78 is 11.1. The van der Waals surface area contributed by atoms with Crippen molar-refractivity contribution >= 4 is 29.2 Å². The predicted octanol–water partition coefficient (Wildman–Crippen LogP) is 3.31. The molecule has 2 rings (SSSR count). The minimum Gasteiger partial charge on any atom is -0.490 e. The number of nitrogens with one attached hydrogen (secondary N) is 1. The SMILES string of the molecule is CCNC(=NCCOc1cccc(Cl)c1Cl)N(C)CC1CCOC1. The van der Waals surface area contributed by atoms with Crippen molar-refractivity contribution in [1.29, 1.82) is 0 Å². The summed E-state index contributed by atoms with van der Waals surface area (Å²) in [7, 11) is 2.05. The van der Waals surface area contributed by atoms with Gasteiger partial charge in [-0.05, 0) is 25.5 Å². The van der Waals surface area contributed by atoms with Crippen LogP contribution in [0.25, 0.3) is 0 Å². The van der Waals surface area contributed by atoms with Crippen molar-refractivity contribution in [3.63, 3.8) is 0 Å². The van der Waals surface area contributed by atoms with E-state index in [2.05, 4.69) is 29.2 Å². The number of aliphatic imine (C=N–C) groups is 1. The van der Waals surface area contributed by atoms with E-state index in [4.69, 9.17) is 32.7 Å². The summed E-state index contributed by atoms with van der Waals surface area (Å²) in [6, 6.07) is 5.35. The zero-order valence-electron chi connectivity index (χ0n) is 14.2. The van der Waals surface area contributed by atoms with E-state index in [1.165, 1.54) is 0 Å². The van der Waals surface area contributed by atoms with Gasteiger partial charge in [0.25, 0.3) is 0 Å². The number of ether oxygens (including phenoxy) is 2. The minimum absolute atomic E-state index is 0.438.